The van der Waals surface area contributed by atoms with Crippen LogP contribution in [0.15, 0.2) is 0 Å². The zero-order valence-corrected chi connectivity index (χ0v) is 8.88. The summed E-state index contributed by atoms with van der Waals surface area (Å²) in [4.78, 5) is 15.6. The van der Waals surface area contributed by atoms with E-state index in [9.17, 15) is 4.79 Å². The van der Waals surface area contributed by atoms with Crippen LogP contribution in [0.25, 0.3) is 0 Å². The molecule has 14 heavy (non-hydrogen) atoms. The molecule has 80 valence electrons. The van der Waals surface area contributed by atoms with E-state index in [1.807, 2.05) is 0 Å². The van der Waals surface area contributed by atoms with Gasteiger partial charge in [-0.25, -0.2) is 0 Å². The van der Waals surface area contributed by atoms with Crippen LogP contribution in [0.3, 0.4) is 0 Å². The number of carbonyl (C=O) groups excluding carboxylic acids is 1. The Kier molecular flexibility index (Phi) is 3.92. The van der Waals surface area contributed by atoms with Gasteiger partial charge in [0.05, 0.1) is 6.54 Å². The van der Waals surface area contributed by atoms with Crippen LogP contribution in [0.5, 0.6) is 0 Å². The summed E-state index contributed by atoms with van der Waals surface area (Å²) in [7, 11) is 0. The quantitative estimate of drug-likeness (QED) is 0.754. The number of amidine groups is 1. The monoisotopic (exact) mass is 198 g/mol. The molecule has 0 bridgehead atoms. The van der Waals surface area contributed by atoms with Gasteiger partial charge in [-0.15, -0.1) is 0 Å². The van der Waals surface area contributed by atoms with Gasteiger partial charge in [-0.05, 0) is 12.3 Å². The Balaban J connectivity index is 2.39. The normalized spacial score (nSPS) is 22.3. The lowest BCUT2D eigenvalue weighted by Gasteiger charge is -2.31. The van der Waals surface area contributed by atoms with Gasteiger partial charge in [0.2, 0.25) is 0 Å². The van der Waals surface area contributed by atoms with Crippen LogP contribution in [0.4, 0.5) is 0 Å². The van der Waals surface area contributed by atoms with Crippen molar-refractivity contribution in [2.24, 2.45) is 5.92 Å². The van der Waals surface area contributed by atoms with Crippen LogP contribution >= 0.6 is 0 Å². The van der Waals surface area contributed by atoms with Crippen LogP contribution in [0.1, 0.15) is 39.5 Å². The molecular weight excluding hydrogens is 180 g/mol. The summed E-state index contributed by atoms with van der Waals surface area (Å²) in [6.45, 7) is 4.19. The first-order valence-corrected chi connectivity index (χ1v) is 5.17. The third-order valence-corrected chi connectivity index (χ3v) is 2.46. The number of hydrogen-bond donors (Lipinski definition) is 1. The van der Waals surface area contributed by atoms with Crippen LogP contribution in [0, 0.1) is 11.3 Å². The third-order valence-electron chi connectivity index (χ3n) is 2.46. The number of rotatable bonds is 3. The Labute approximate surface area is 84.7 Å². The van der Waals surface area contributed by atoms with Crippen molar-refractivity contribution in [2.45, 2.75) is 39.5 Å². The highest BCUT2D eigenvalue weighted by atomic mass is 16.7. The Morgan fingerprint density at radius 1 is 1.71 bits per heavy atom. The fraction of sp³-hybridized carbons (Fsp3) is 0.800. The van der Waals surface area contributed by atoms with E-state index in [4.69, 9.17) is 10.2 Å². The summed E-state index contributed by atoms with van der Waals surface area (Å²) < 4.78 is 0. The van der Waals surface area contributed by atoms with Gasteiger partial charge < -0.3 is 4.84 Å². The second-order valence-electron chi connectivity index (χ2n) is 3.78. The topological polar surface area (TPSA) is 53.4 Å². The number of nitrogens with zero attached hydrogens (tertiary/aromatic N) is 1. The standard InChI is InChI=1S/C10H18N2O2/c1-3-4-9-5-6-12(10(11)7-9)14-8(2)13/h9,11H,3-7H2,1-2H3. The number of carbonyl (C=O) groups is 1. The van der Waals surface area contributed by atoms with Gasteiger partial charge in [0.25, 0.3) is 0 Å². The first kappa shape index (κ1) is 11.0. The highest BCUT2D eigenvalue weighted by molar-refractivity contribution is 5.80. The summed E-state index contributed by atoms with van der Waals surface area (Å²) in [5, 5.41) is 9.11. The fourth-order valence-corrected chi connectivity index (χ4v) is 1.82. The summed E-state index contributed by atoms with van der Waals surface area (Å²) >= 11 is 0. The molecule has 0 amide bonds. The smallest absolute Gasteiger partial charge is 0.329 e. The molecular formula is C10H18N2O2. The molecule has 0 spiro atoms. The number of hydroxylamine groups is 2. The maximum atomic E-state index is 10.7. The Morgan fingerprint density at radius 3 is 2.93 bits per heavy atom. The molecule has 4 nitrogen and oxygen atoms in total. The average molecular weight is 198 g/mol. The van der Waals surface area contributed by atoms with Crippen molar-refractivity contribution in [3.05, 3.63) is 0 Å². The molecule has 0 aromatic carbocycles. The lowest BCUT2D eigenvalue weighted by Crippen LogP contribution is -2.39. The molecule has 0 aromatic heterocycles. The highest BCUT2D eigenvalue weighted by Crippen LogP contribution is 2.22. The molecule has 0 aromatic rings. The number of piperidine rings is 1. The predicted octanol–water partition coefficient (Wildman–Crippen LogP) is 1.95. The summed E-state index contributed by atoms with van der Waals surface area (Å²) in [6.07, 6.45) is 4.08. The van der Waals surface area contributed by atoms with E-state index in [1.54, 1.807) is 0 Å². The average Bonchev–Trinajstić information content (AvgIpc) is 2.10. The lowest BCUT2D eigenvalue weighted by atomic mass is 9.93. The van der Waals surface area contributed by atoms with Crippen molar-refractivity contribution in [1.29, 1.82) is 5.41 Å². The summed E-state index contributed by atoms with van der Waals surface area (Å²) in [5.41, 5.74) is 0. The van der Waals surface area contributed by atoms with E-state index in [2.05, 4.69) is 6.92 Å². The molecule has 0 saturated carbocycles. The fourth-order valence-electron chi connectivity index (χ4n) is 1.82. The minimum atomic E-state index is -0.344. The van der Waals surface area contributed by atoms with Crippen LogP contribution < -0.4 is 0 Å². The van der Waals surface area contributed by atoms with Gasteiger partial charge in [0.15, 0.2) is 0 Å². The maximum absolute atomic E-state index is 10.7. The molecule has 1 fully saturated rings. The van der Waals surface area contributed by atoms with Gasteiger partial charge in [0.1, 0.15) is 5.84 Å². The maximum Gasteiger partial charge on any atom is 0.329 e. The minimum Gasteiger partial charge on any atom is -0.340 e. The predicted molar refractivity (Wildman–Crippen MR) is 53.8 cm³/mol. The third kappa shape index (κ3) is 3.01. The van der Waals surface area contributed by atoms with E-state index in [-0.39, 0.29) is 5.97 Å². The summed E-state index contributed by atoms with van der Waals surface area (Å²) in [6, 6.07) is 0. The van der Waals surface area contributed by atoms with Crippen molar-refractivity contribution < 1.29 is 9.63 Å². The molecule has 0 radical (unpaired) electrons. The van der Waals surface area contributed by atoms with Crippen molar-refractivity contribution in [2.75, 3.05) is 6.54 Å². The lowest BCUT2D eigenvalue weighted by molar-refractivity contribution is -0.172. The second kappa shape index (κ2) is 4.98. The van der Waals surface area contributed by atoms with Crippen molar-refractivity contribution >= 4 is 11.8 Å². The Bertz CT molecular complexity index is 228. The number of nitrogens with one attached hydrogen (secondary N) is 1. The van der Waals surface area contributed by atoms with Gasteiger partial charge in [-0.2, -0.15) is 5.06 Å². The largest absolute Gasteiger partial charge is 0.340 e. The van der Waals surface area contributed by atoms with Crippen molar-refractivity contribution in [1.82, 2.24) is 5.06 Å². The molecule has 1 heterocycles. The zero-order chi connectivity index (χ0) is 10.6. The Hall–Kier alpha value is -1.06. The van der Waals surface area contributed by atoms with Crippen LogP contribution in [0.2, 0.25) is 0 Å². The van der Waals surface area contributed by atoms with E-state index in [0.29, 0.717) is 18.3 Å². The SMILES string of the molecule is CCCC1CCN(OC(C)=O)C(=N)C1. The first-order valence-electron chi connectivity index (χ1n) is 5.17. The van der Waals surface area contributed by atoms with Crippen LogP contribution in [-0.4, -0.2) is 23.4 Å². The molecule has 0 aliphatic carbocycles. The van der Waals surface area contributed by atoms with Gasteiger partial charge in [0, 0.05) is 13.3 Å². The molecule has 1 unspecified atom stereocenters. The highest BCUT2D eigenvalue weighted by Gasteiger charge is 2.24. The van der Waals surface area contributed by atoms with Gasteiger partial charge >= 0.3 is 5.97 Å². The molecule has 1 aliphatic heterocycles. The van der Waals surface area contributed by atoms with Crippen molar-refractivity contribution in [3.63, 3.8) is 0 Å². The molecule has 1 N–H and O–H groups in total. The molecule has 1 aliphatic rings. The molecule has 1 saturated heterocycles. The second-order valence-corrected chi connectivity index (χ2v) is 3.78. The van der Waals surface area contributed by atoms with Crippen molar-refractivity contribution in [3.8, 4) is 0 Å². The molecule has 4 heteroatoms. The van der Waals surface area contributed by atoms with Crippen LogP contribution in [-0.2, 0) is 9.63 Å². The van der Waals surface area contributed by atoms with E-state index in [0.717, 1.165) is 25.7 Å². The van der Waals surface area contributed by atoms with Gasteiger partial charge in [-0.3, -0.25) is 10.2 Å². The zero-order valence-electron chi connectivity index (χ0n) is 8.88. The molecule has 1 rings (SSSR count). The molecule has 1 atom stereocenters. The Morgan fingerprint density at radius 2 is 2.43 bits per heavy atom. The van der Waals surface area contributed by atoms with E-state index >= 15 is 0 Å². The minimum absolute atomic E-state index is 0.344. The summed E-state index contributed by atoms with van der Waals surface area (Å²) in [5.74, 6) is 0.688. The first-order chi connectivity index (χ1) is 6.63. The van der Waals surface area contributed by atoms with E-state index < -0.39 is 0 Å². The van der Waals surface area contributed by atoms with Gasteiger partial charge in [-0.1, -0.05) is 19.8 Å². The number of hydrogen-bond acceptors (Lipinski definition) is 3. The van der Waals surface area contributed by atoms with E-state index in [1.165, 1.54) is 12.0 Å².